The van der Waals surface area contributed by atoms with Gasteiger partial charge in [0, 0.05) is 47.7 Å². The van der Waals surface area contributed by atoms with E-state index in [0.29, 0.717) is 21.9 Å². The third-order valence-corrected chi connectivity index (χ3v) is 7.98. The van der Waals surface area contributed by atoms with Gasteiger partial charge < -0.3 is 4.57 Å². The molecule has 3 aromatic heterocycles. The first-order chi connectivity index (χ1) is 16.4. The highest BCUT2D eigenvalue weighted by Gasteiger charge is 2.24. The van der Waals surface area contributed by atoms with Crippen LogP contribution >= 0.6 is 22.7 Å². The van der Waals surface area contributed by atoms with Crippen molar-refractivity contribution in [3.63, 3.8) is 0 Å². The Morgan fingerprint density at radius 3 is 2.74 bits per heavy atom. The van der Waals surface area contributed by atoms with E-state index in [9.17, 15) is 14.9 Å². The number of hydrogen-bond donors (Lipinski definition) is 0. The molecule has 34 heavy (non-hydrogen) atoms. The highest BCUT2D eigenvalue weighted by molar-refractivity contribution is 7.23. The SMILES string of the molecule is Cc1ccc2sc(N(CCCn3ccnc3)C(=O)c3cc4cc([N+](=O)[O-])ccc4s3)nc2c1C. The number of nitro groups is 1. The van der Waals surface area contributed by atoms with Gasteiger partial charge in [0.05, 0.1) is 26.3 Å². The second kappa shape index (κ2) is 8.96. The molecule has 0 N–H and O–H groups in total. The topological polar surface area (TPSA) is 94.2 Å². The molecule has 2 aromatic carbocycles. The zero-order valence-electron chi connectivity index (χ0n) is 18.6. The average molecular weight is 492 g/mol. The zero-order valence-corrected chi connectivity index (χ0v) is 20.2. The van der Waals surface area contributed by atoms with Crippen molar-refractivity contribution >= 4 is 59.7 Å². The van der Waals surface area contributed by atoms with E-state index in [1.807, 2.05) is 23.8 Å². The molecule has 0 radical (unpaired) electrons. The van der Waals surface area contributed by atoms with E-state index in [2.05, 4.69) is 18.0 Å². The Morgan fingerprint density at radius 2 is 1.97 bits per heavy atom. The normalized spacial score (nSPS) is 11.4. The molecular weight excluding hydrogens is 470 g/mol. The van der Waals surface area contributed by atoms with Crippen LogP contribution in [0.15, 0.2) is 55.1 Å². The predicted octanol–water partition coefficient (Wildman–Crippen LogP) is 5.97. The number of hydrogen-bond acceptors (Lipinski definition) is 7. The van der Waals surface area contributed by atoms with Crippen molar-refractivity contribution < 1.29 is 9.72 Å². The number of carbonyl (C=O) groups is 1. The van der Waals surface area contributed by atoms with Crippen molar-refractivity contribution in [2.75, 3.05) is 11.4 Å². The van der Waals surface area contributed by atoms with Crippen LogP contribution in [0.4, 0.5) is 10.8 Å². The first-order valence-electron chi connectivity index (χ1n) is 10.7. The molecule has 0 fully saturated rings. The maximum atomic E-state index is 13.7. The summed E-state index contributed by atoms with van der Waals surface area (Å²) in [6.07, 6.45) is 6.12. The molecule has 0 saturated heterocycles. The number of fused-ring (bicyclic) bond motifs is 2. The Morgan fingerprint density at radius 1 is 1.15 bits per heavy atom. The third kappa shape index (κ3) is 4.17. The van der Waals surface area contributed by atoms with Gasteiger partial charge in [0.1, 0.15) is 0 Å². The molecule has 0 aliphatic rings. The molecule has 0 saturated carbocycles. The van der Waals surface area contributed by atoms with E-state index < -0.39 is 4.92 Å². The maximum absolute atomic E-state index is 13.7. The highest BCUT2D eigenvalue weighted by atomic mass is 32.1. The number of rotatable bonds is 7. The summed E-state index contributed by atoms with van der Waals surface area (Å²) in [5.74, 6) is -0.150. The molecule has 0 bridgehead atoms. The van der Waals surface area contributed by atoms with Gasteiger partial charge in [0.25, 0.3) is 11.6 Å². The van der Waals surface area contributed by atoms with Crippen LogP contribution in [0.5, 0.6) is 0 Å². The molecule has 10 heteroatoms. The Hall–Kier alpha value is -3.63. The van der Waals surface area contributed by atoms with E-state index in [4.69, 9.17) is 4.98 Å². The van der Waals surface area contributed by atoms with E-state index in [1.165, 1.54) is 34.8 Å². The second-order valence-electron chi connectivity index (χ2n) is 8.05. The molecule has 1 amide bonds. The van der Waals surface area contributed by atoms with E-state index >= 15 is 0 Å². The van der Waals surface area contributed by atoms with Crippen LogP contribution in [0, 0.1) is 24.0 Å². The van der Waals surface area contributed by atoms with Gasteiger partial charge in [-0.2, -0.15) is 0 Å². The van der Waals surface area contributed by atoms with Crippen LogP contribution in [0.1, 0.15) is 27.2 Å². The van der Waals surface area contributed by atoms with Crippen molar-refractivity contribution in [2.45, 2.75) is 26.8 Å². The molecule has 0 spiro atoms. The molecular formula is C24H21N5O3S2. The highest BCUT2D eigenvalue weighted by Crippen LogP contribution is 2.35. The number of thiazole rings is 1. The molecule has 8 nitrogen and oxygen atoms in total. The number of imidazole rings is 1. The van der Waals surface area contributed by atoms with Crippen molar-refractivity contribution in [3.8, 4) is 0 Å². The molecule has 172 valence electrons. The van der Waals surface area contributed by atoms with Gasteiger partial charge in [-0.25, -0.2) is 9.97 Å². The van der Waals surface area contributed by atoms with Crippen molar-refractivity contribution in [3.05, 3.63) is 81.2 Å². The number of benzene rings is 2. The minimum atomic E-state index is -0.424. The van der Waals surface area contributed by atoms with E-state index in [1.54, 1.807) is 29.6 Å². The minimum Gasteiger partial charge on any atom is -0.337 e. The predicted molar refractivity (Wildman–Crippen MR) is 136 cm³/mol. The van der Waals surface area contributed by atoms with Crippen molar-refractivity contribution in [1.82, 2.24) is 14.5 Å². The molecule has 3 heterocycles. The number of amides is 1. The maximum Gasteiger partial charge on any atom is 0.270 e. The van der Waals surface area contributed by atoms with Gasteiger partial charge in [-0.05, 0) is 49.6 Å². The summed E-state index contributed by atoms with van der Waals surface area (Å²) in [4.78, 5) is 35.6. The van der Waals surface area contributed by atoms with Gasteiger partial charge in [-0.1, -0.05) is 17.4 Å². The molecule has 5 rings (SSSR count). The Labute approximate surface area is 203 Å². The van der Waals surface area contributed by atoms with E-state index in [0.717, 1.165) is 39.0 Å². The number of thiophene rings is 1. The fraction of sp³-hybridized carbons (Fsp3) is 0.208. The molecule has 0 unspecified atom stereocenters. The Balaban J connectivity index is 1.50. The summed E-state index contributed by atoms with van der Waals surface area (Å²) < 4.78 is 3.85. The second-order valence-corrected chi connectivity index (χ2v) is 10.1. The molecule has 0 aliphatic carbocycles. The minimum absolute atomic E-state index is 0.0125. The number of nitrogens with zero attached hydrogens (tertiary/aromatic N) is 5. The Kier molecular flexibility index (Phi) is 5.84. The number of nitro benzene ring substituents is 1. The van der Waals surface area contributed by atoms with Crippen molar-refractivity contribution in [2.24, 2.45) is 0 Å². The van der Waals surface area contributed by atoms with Crippen molar-refractivity contribution in [1.29, 1.82) is 0 Å². The van der Waals surface area contributed by atoms with Crippen LogP contribution in [0.25, 0.3) is 20.3 Å². The van der Waals surface area contributed by atoms with Crippen LogP contribution in [0.3, 0.4) is 0 Å². The largest absolute Gasteiger partial charge is 0.337 e. The fourth-order valence-electron chi connectivity index (χ4n) is 3.83. The summed E-state index contributed by atoms with van der Waals surface area (Å²) in [6, 6.07) is 10.5. The fourth-order valence-corrected chi connectivity index (χ4v) is 5.87. The lowest BCUT2D eigenvalue weighted by Gasteiger charge is -2.19. The number of non-ortho nitro benzene ring substituents is 1. The smallest absolute Gasteiger partial charge is 0.270 e. The number of anilines is 1. The first-order valence-corrected chi connectivity index (χ1v) is 12.4. The lowest BCUT2D eigenvalue weighted by Crippen LogP contribution is -2.31. The standard InChI is InChI=1S/C24H21N5O3S2/c1-15-4-6-20-22(16(15)2)26-24(34-20)28(10-3-9-27-11-8-25-14-27)23(30)21-13-17-12-18(29(31)32)5-7-19(17)33-21/h4-8,11-14H,3,9-10H2,1-2H3. The summed E-state index contributed by atoms with van der Waals surface area (Å²) in [7, 11) is 0. The molecule has 0 aliphatic heterocycles. The number of aryl methyl sites for hydroxylation is 3. The average Bonchev–Trinajstić information content (AvgIpc) is 3.57. The third-order valence-electron chi connectivity index (χ3n) is 5.83. The van der Waals surface area contributed by atoms with E-state index in [-0.39, 0.29) is 11.6 Å². The molecule has 5 aromatic rings. The van der Waals surface area contributed by atoms with Crippen LogP contribution < -0.4 is 4.90 Å². The lowest BCUT2D eigenvalue weighted by atomic mass is 10.1. The summed E-state index contributed by atoms with van der Waals surface area (Å²) >= 11 is 2.84. The van der Waals surface area contributed by atoms with Gasteiger partial charge in [0.2, 0.25) is 0 Å². The molecule has 0 atom stereocenters. The quantitative estimate of drug-likeness (QED) is 0.206. The monoisotopic (exact) mass is 491 g/mol. The van der Waals surface area contributed by atoms with Gasteiger partial charge in [0.15, 0.2) is 5.13 Å². The Bertz CT molecular complexity index is 1520. The summed E-state index contributed by atoms with van der Waals surface area (Å²) in [5, 5.41) is 12.5. The van der Waals surface area contributed by atoms with Gasteiger partial charge in [-0.15, -0.1) is 11.3 Å². The first kappa shape index (κ1) is 22.2. The number of carbonyl (C=O) groups excluding carboxylic acids is 1. The van der Waals surface area contributed by atoms with Crippen LogP contribution in [-0.2, 0) is 6.54 Å². The van der Waals surface area contributed by atoms with Crippen LogP contribution in [0.2, 0.25) is 0 Å². The number of aromatic nitrogens is 3. The zero-order chi connectivity index (χ0) is 23.8. The van der Waals surface area contributed by atoms with Crippen LogP contribution in [-0.4, -0.2) is 31.9 Å². The summed E-state index contributed by atoms with van der Waals surface area (Å²) in [6.45, 7) is 5.32. The lowest BCUT2D eigenvalue weighted by molar-refractivity contribution is -0.384. The van der Waals surface area contributed by atoms with Gasteiger partial charge in [-0.3, -0.25) is 19.8 Å². The summed E-state index contributed by atoms with van der Waals surface area (Å²) in [5.41, 5.74) is 3.20. The van der Waals surface area contributed by atoms with Gasteiger partial charge >= 0.3 is 0 Å².